The van der Waals surface area contributed by atoms with Crippen molar-refractivity contribution in [1.82, 2.24) is 40.3 Å². The number of nitrogens with zero attached hydrogens (tertiary/aromatic N) is 8. The highest BCUT2D eigenvalue weighted by Gasteiger charge is 2.36. The summed E-state index contributed by atoms with van der Waals surface area (Å²) in [4.78, 5) is 53.7. The van der Waals surface area contributed by atoms with Crippen LogP contribution in [-0.4, -0.2) is 69.3 Å². The van der Waals surface area contributed by atoms with E-state index in [1.165, 1.54) is 16.8 Å². The second-order valence-corrected chi connectivity index (χ2v) is 12.5. The standard InChI is InChI=1S/C22H22N4O5.C11H7ClF3N7/c1-11-7-12(10-23)8-16(20(29)26-22(2,3)4)17(11)25-19(28)15-9-13(21(30)31)5-6-14(15)18(24)27;12-8-2-1-4-16-9(8)21-5-3-7(18-21)6-22-19-10(17-20-22)11(13,14)15/h5-9H,1-4H3,(H2,24,27)(H,25,28)(H,26,29)(H,30,31);1-5H,6H2. The summed E-state index contributed by atoms with van der Waals surface area (Å²) < 4.78 is 38.6. The number of pyridine rings is 1. The molecule has 0 atom stereocenters. The van der Waals surface area contributed by atoms with Gasteiger partial charge in [0.1, 0.15) is 6.54 Å². The fraction of sp³-hybridized carbons (Fsp3) is 0.212. The molecule has 0 saturated carbocycles. The summed E-state index contributed by atoms with van der Waals surface area (Å²) in [5.41, 5.74) is 5.38. The number of tetrazole rings is 1. The zero-order valence-electron chi connectivity index (χ0n) is 28.2. The van der Waals surface area contributed by atoms with Crippen LogP contribution in [-0.2, 0) is 12.7 Å². The first kappa shape index (κ1) is 39.1. The van der Waals surface area contributed by atoms with E-state index in [-0.39, 0.29) is 40.0 Å². The number of benzene rings is 2. The van der Waals surface area contributed by atoms with Gasteiger partial charge in [-0.1, -0.05) is 11.6 Å². The number of anilines is 1. The van der Waals surface area contributed by atoms with E-state index in [9.17, 15) is 42.7 Å². The Hall–Kier alpha value is -6.68. The highest BCUT2D eigenvalue weighted by molar-refractivity contribution is 6.32. The maximum absolute atomic E-state index is 13.0. The minimum absolute atomic E-state index is 0.0508. The molecule has 0 aliphatic rings. The lowest BCUT2D eigenvalue weighted by molar-refractivity contribution is -0.145. The molecular weight excluding hydrogens is 723 g/mol. The monoisotopic (exact) mass is 751 g/mol. The lowest BCUT2D eigenvalue weighted by Gasteiger charge is -2.22. The molecule has 20 heteroatoms. The first-order valence-electron chi connectivity index (χ1n) is 15.1. The van der Waals surface area contributed by atoms with Gasteiger partial charge in [-0.2, -0.15) is 28.3 Å². The first-order chi connectivity index (χ1) is 24.8. The number of amides is 3. The summed E-state index contributed by atoms with van der Waals surface area (Å²) in [5, 5.41) is 37.9. The summed E-state index contributed by atoms with van der Waals surface area (Å²) in [6.07, 6.45) is -1.48. The summed E-state index contributed by atoms with van der Waals surface area (Å²) in [7, 11) is 0. The molecule has 5 N–H and O–H groups in total. The Morgan fingerprint density at radius 2 is 1.72 bits per heavy atom. The van der Waals surface area contributed by atoms with Crippen molar-refractivity contribution in [2.24, 2.45) is 5.73 Å². The summed E-state index contributed by atoms with van der Waals surface area (Å²) in [6.45, 7) is 6.88. The Labute approximate surface area is 303 Å². The lowest BCUT2D eigenvalue weighted by Crippen LogP contribution is -2.41. The van der Waals surface area contributed by atoms with Gasteiger partial charge in [0.2, 0.25) is 5.91 Å². The predicted molar refractivity (Wildman–Crippen MR) is 181 cm³/mol. The van der Waals surface area contributed by atoms with Crippen molar-refractivity contribution in [3.8, 4) is 11.9 Å². The largest absolute Gasteiger partial charge is 0.478 e. The first-order valence-corrected chi connectivity index (χ1v) is 15.5. The van der Waals surface area contributed by atoms with Gasteiger partial charge in [0, 0.05) is 17.9 Å². The summed E-state index contributed by atoms with van der Waals surface area (Å²) in [5.74, 6) is -4.42. The molecule has 2 aromatic carbocycles. The van der Waals surface area contributed by atoms with Crippen LogP contribution in [0.1, 0.15) is 84.8 Å². The van der Waals surface area contributed by atoms with E-state index in [0.717, 1.165) is 23.0 Å². The third-order valence-electron chi connectivity index (χ3n) is 6.82. The number of aromatic carboxylic acids is 1. The number of nitrogens with one attached hydrogen (secondary N) is 2. The molecule has 5 rings (SSSR count). The van der Waals surface area contributed by atoms with E-state index in [0.29, 0.717) is 22.1 Å². The minimum Gasteiger partial charge on any atom is -0.478 e. The van der Waals surface area contributed by atoms with Crippen LogP contribution in [0.5, 0.6) is 0 Å². The molecule has 274 valence electrons. The topological polar surface area (TPSA) is 237 Å². The van der Waals surface area contributed by atoms with Gasteiger partial charge in [0.15, 0.2) is 5.82 Å². The third kappa shape index (κ3) is 9.98. The molecule has 53 heavy (non-hydrogen) atoms. The molecule has 3 aromatic heterocycles. The fourth-order valence-corrected chi connectivity index (χ4v) is 4.75. The van der Waals surface area contributed by atoms with Crippen LogP contribution in [0.15, 0.2) is 60.9 Å². The average molecular weight is 752 g/mol. The number of carboxylic acid groups (broad SMARTS) is 1. The van der Waals surface area contributed by atoms with Crippen molar-refractivity contribution in [3.05, 3.63) is 111 Å². The molecule has 0 spiro atoms. The Balaban J connectivity index is 0.000000250. The molecule has 3 heterocycles. The maximum atomic E-state index is 13.0. The summed E-state index contributed by atoms with van der Waals surface area (Å²) >= 11 is 5.99. The van der Waals surface area contributed by atoms with Crippen LogP contribution in [0.3, 0.4) is 0 Å². The zero-order valence-corrected chi connectivity index (χ0v) is 29.0. The van der Waals surface area contributed by atoms with Crippen LogP contribution in [0.25, 0.3) is 5.82 Å². The Kier molecular flexibility index (Phi) is 11.6. The number of primary amides is 1. The van der Waals surface area contributed by atoms with Crippen LogP contribution in [0, 0.1) is 18.3 Å². The quantitative estimate of drug-likeness (QED) is 0.173. The molecule has 0 unspecified atom stereocenters. The van der Waals surface area contributed by atoms with Crippen LogP contribution in [0.2, 0.25) is 5.02 Å². The van der Waals surface area contributed by atoms with Gasteiger partial charge in [0.05, 0.1) is 50.3 Å². The van der Waals surface area contributed by atoms with Gasteiger partial charge in [-0.15, -0.1) is 10.2 Å². The van der Waals surface area contributed by atoms with Crippen molar-refractivity contribution in [2.75, 3.05) is 5.32 Å². The number of rotatable bonds is 8. The molecular formula is C33H29ClF3N11O5. The van der Waals surface area contributed by atoms with Crippen LogP contribution >= 0.6 is 11.6 Å². The molecule has 16 nitrogen and oxygen atoms in total. The van der Waals surface area contributed by atoms with Gasteiger partial charge < -0.3 is 21.5 Å². The number of aryl methyl sites for hydroxylation is 1. The fourth-order valence-electron chi connectivity index (χ4n) is 4.54. The third-order valence-corrected chi connectivity index (χ3v) is 7.12. The Morgan fingerprint density at radius 1 is 1.00 bits per heavy atom. The summed E-state index contributed by atoms with van der Waals surface area (Å²) in [6, 6.07) is 13.1. The molecule has 0 aliphatic carbocycles. The number of hydrogen-bond donors (Lipinski definition) is 4. The van der Waals surface area contributed by atoms with E-state index < -0.39 is 41.2 Å². The van der Waals surface area contributed by atoms with E-state index in [2.05, 4.69) is 36.1 Å². The highest BCUT2D eigenvalue weighted by Crippen LogP contribution is 2.26. The normalized spacial score (nSPS) is 11.2. The average Bonchev–Trinajstić information content (AvgIpc) is 3.75. The molecule has 0 fully saturated rings. The van der Waals surface area contributed by atoms with Gasteiger partial charge >= 0.3 is 12.1 Å². The highest BCUT2D eigenvalue weighted by atomic mass is 35.5. The number of hydrogen-bond acceptors (Lipinski definition) is 10. The number of aromatic nitrogens is 7. The van der Waals surface area contributed by atoms with Crippen molar-refractivity contribution >= 4 is 41.0 Å². The van der Waals surface area contributed by atoms with E-state index in [1.807, 2.05) is 6.07 Å². The molecule has 0 radical (unpaired) electrons. The molecule has 0 saturated heterocycles. The number of nitrogens with two attached hydrogens (primary N) is 1. The number of nitriles is 1. The predicted octanol–water partition coefficient (Wildman–Crippen LogP) is 4.42. The van der Waals surface area contributed by atoms with E-state index in [4.69, 9.17) is 17.3 Å². The van der Waals surface area contributed by atoms with Crippen molar-refractivity contribution in [3.63, 3.8) is 0 Å². The van der Waals surface area contributed by atoms with E-state index >= 15 is 0 Å². The van der Waals surface area contributed by atoms with Crippen LogP contribution in [0.4, 0.5) is 18.9 Å². The maximum Gasteiger partial charge on any atom is 0.455 e. The second-order valence-electron chi connectivity index (χ2n) is 12.1. The lowest BCUT2D eigenvalue weighted by atomic mass is 9.99. The minimum atomic E-state index is -4.63. The van der Waals surface area contributed by atoms with Crippen molar-refractivity contribution in [2.45, 2.75) is 46.0 Å². The smallest absolute Gasteiger partial charge is 0.455 e. The van der Waals surface area contributed by atoms with Gasteiger partial charge in [-0.3, -0.25) is 14.4 Å². The number of halogens is 4. The Bertz CT molecular complexity index is 2260. The second kappa shape index (κ2) is 15.7. The molecule has 0 aliphatic heterocycles. The molecule has 5 aromatic rings. The number of carbonyl (C=O) groups is 4. The van der Waals surface area contributed by atoms with Crippen molar-refractivity contribution in [1.29, 1.82) is 5.26 Å². The zero-order chi connectivity index (χ0) is 39.2. The van der Waals surface area contributed by atoms with Gasteiger partial charge in [-0.05, 0) is 87.0 Å². The number of carbonyl (C=O) groups excluding carboxylic acids is 3. The van der Waals surface area contributed by atoms with E-state index in [1.54, 1.807) is 58.3 Å². The molecule has 0 bridgehead atoms. The van der Waals surface area contributed by atoms with Crippen LogP contribution < -0.4 is 16.4 Å². The van der Waals surface area contributed by atoms with Gasteiger partial charge in [-0.25, -0.2) is 14.5 Å². The number of alkyl halides is 3. The Morgan fingerprint density at radius 3 is 2.30 bits per heavy atom. The SMILES string of the molecule is Cc1cc(C#N)cc(C(=O)NC(C)(C)C)c1NC(=O)c1cc(C(=O)O)ccc1C(N)=O.FC(F)(F)c1nnn(Cc2ccn(-c3ncccc3Cl)n2)n1. The molecule has 3 amide bonds. The van der Waals surface area contributed by atoms with Crippen molar-refractivity contribution < 1.29 is 37.5 Å². The van der Waals surface area contributed by atoms with Gasteiger partial charge in [0.25, 0.3) is 17.6 Å². The number of carboxylic acids is 1.